The smallest absolute Gasteiger partial charge is 0.381 e. The minimum absolute atomic E-state index is 0.287. The lowest BCUT2D eigenvalue weighted by molar-refractivity contribution is -0.137. The first kappa shape index (κ1) is 17.1. The van der Waals surface area contributed by atoms with E-state index in [1.807, 2.05) is 0 Å². The lowest BCUT2D eigenvalue weighted by Crippen LogP contribution is -2.24. The van der Waals surface area contributed by atoms with E-state index in [-0.39, 0.29) is 5.56 Å². The van der Waals surface area contributed by atoms with Crippen molar-refractivity contribution < 1.29 is 18.3 Å². The molecule has 0 spiro atoms. The van der Waals surface area contributed by atoms with E-state index in [1.54, 1.807) is 43.5 Å². The monoisotopic (exact) mass is 344 g/mol. The molecule has 6 heteroatoms. The number of hydrogen-bond acceptors (Lipinski definition) is 3. The van der Waals surface area contributed by atoms with Crippen LogP contribution in [0.1, 0.15) is 23.6 Å². The molecule has 0 bridgehead atoms. The number of pyridine rings is 2. The van der Waals surface area contributed by atoms with Crippen molar-refractivity contribution in [3.05, 3.63) is 83.8 Å². The third kappa shape index (κ3) is 3.39. The molecule has 0 saturated heterocycles. The Labute approximate surface area is 142 Å². The van der Waals surface area contributed by atoms with Gasteiger partial charge in [-0.2, -0.15) is 13.2 Å². The third-order valence-corrected chi connectivity index (χ3v) is 4.02. The van der Waals surface area contributed by atoms with Gasteiger partial charge >= 0.3 is 6.18 Å². The molecule has 2 heterocycles. The molecule has 3 rings (SSSR count). The van der Waals surface area contributed by atoms with E-state index >= 15 is 0 Å². The van der Waals surface area contributed by atoms with Crippen LogP contribution in [-0.4, -0.2) is 15.1 Å². The summed E-state index contributed by atoms with van der Waals surface area (Å²) in [5, 5.41) is 11.0. The molecule has 1 unspecified atom stereocenters. The molecule has 0 amide bonds. The van der Waals surface area contributed by atoms with Gasteiger partial charge in [0.25, 0.3) is 0 Å². The van der Waals surface area contributed by atoms with Gasteiger partial charge in [0.05, 0.1) is 11.3 Å². The van der Waals surface area contributed by atoms with Gasteiger partial charge in [-0.25, -0.2) is 0 Å². The molecular weight excluding hydrogens is 329 g/mol. The van der Waals surface area contributed by atoms with Crippen LogP contribution in [0.15, 0.2) is 67.1 Å². The normalized spacial score (nSPS) is 14.1. The largest absolute Gasteiger partial charge is 0.416 e. The zero-order chi connectivity index (χ0) is 18.1. The number of hydrogen-bond donors (Lipinski definition) is 1. The fourth-order valence-corrected chi connectivity index (χ4v) is 2.68. The molecule has 128 valence electrons. The minimum atomic E-state index is -4.45. The summed E-state index contributed by atoms with van der Waals surface area (Å²) >= 11 is 0. The first-order valence-electron chi connectivity index (χ1n) is 7.56. The van der Waals surface area contributed by atoms with Crippen LogP contribution in [0.25, 0.3) is 11.3 Å². The second-order valence-electron chi connectivity index (χ2n) is 5.79. The van der Waals surface area contributed by atoms with Gasteiger partial charge in [-0.1, -0.05) is 24.3 Å². The number of benzene rings is 1. The summed E-state index contributed by atoms with van der Waals surface area (Å²) in [6.45, 7) is 1.57. The second-order valence-corrected chi connectivity index (χ2v) is 5.79. The average molecular weight is 344 g/mol. The first-order chi connectivity index (χ1) is 11.8. The molecule has 3 aromatic rings. The van der Waals surface area contributed by atoms with Crippen molar-refractivity contribution in [1.82, 2.24) is 9.97 Å². The van der Waals surface area contributed by atoms with E-state index in [4.69, 9.17) is 0 Å². The lowest BCUT2D eigenvalue weighted by Gasteiger charge is -2.26. The van der Waals surface area contributed by atoms with E-state index in [0.29, 0.717) is 16.8 Å². The number of rotatable bonds is 3. The van der Waals surface area contributed by atoms with Crippen LogP contribution in [0.4, 0.5) is 13.2 Å². The number of alkyl halides is 3. The Morgan fingerprint density at radius 2 is 1.64 bits per heavy atom. The van der Waals surface area contributed by atoms with Crippen molar-refractivity contribution in [2.24, 2.45) is 0 Å². The Hall–Kier alpha value is -2.73. The van der Waals surface area contributed by atoms with Crippen molar-refractivity contribution >= 4 is 0 Å². The van der Waals surface area contributed by atoms with Gasteiger partial charge in [0.15, 0.2) is 0 Å². The molecule has 3 nitrogen and oxygen atoms in total. The summed E-state index contributed by atoms with van der Waals surface area (Å²) in [7, 11) is 0. The average Bonchev–Trinajstić information content (AvgIpc) is 2.62. The van der Waals surface area contributed by atoms with E-state index in [9.17, 15) is 18.3 Å². The first-order valence-corrected chi connectivity index (χ1v) is 7.56. The van der Waals surface area contributed by atoms with Gasteiger partial charge in [0.2, 0.25) is 0 Å². The minimum Gasteiger partial charge on any atom is -0.381 e. The maximum absolute atomic E-state index is 13.0. The van der Waals surface area contributed by atoms with Gasteiger partial charge in [-0.15, -0.1) is 0 Å². The number of aromatic nitrogens is 2. The molecule has 0 aliphatic carbocycles. The summed E-state index contributed by atoms with van der Waals surface area (Å²) in [6, 6.07) is 11.6. The quantitative estimate of drug-likeness (QED) is 0.765. The maximum Gasteiger partial charge on any atom is 0.416 e. The van der Waals surface area contributed by atoms with Crippen molar-refractivity contribution in [1.29, 1.82) is 0 Å². The van der Waals surface area contributed by atoms with Crippen molar-refractivity contribution in [3.63, 3.8) is 0 Å². The molecule has 0 aliphatic rings. The predicted molar refractivity (Wildman–Crippen MR) is 87.6 cm³/mol. The third-order valence-electron chi connectivity index (χ3n) is 4.02. The van der Waals surface area contributed by atoms with Crippen LogP contribution < -0.4 is 0 Å². The Bertz CT molecular complexity index is 877. The van der Waals surface area contributed by atoms with Crippen molar-refractivity contribution in [2.75, 3.05) is 0 Å². The predicted octanol–water partition coefficient (Wildman–Crippen LogP) is 4.42. The van der Waals surface area contributed by atoms with Crippen LogP contribution >= 0.6 is 0 Å². The van der Waals surface area contributed by atoms with Gasteiger partial charge in [-0.05, 0) is 31.2 Å². The summed E-state index contributed by atoms with van der Waals surface area (Å²) in [5.74, 6) is 0. The SMILES string of the molecule is CC(O)(c1cccnc1)c1cccnc1-c1cccc(C(F)(F)F)c1. The molecule has 25 heavy (non-hydrogen) atoms. The molecule has 1 N–H and O–H groups in total. The van der Waals surface area contributed by atoms with Crippen LogP contribution in [0, 0.1) is 0 Å². The molecule has 0 saturated carbocycles. The van der Waals surface area contributed by atoms with E-state index in [0.717, 1.165) is 12.1 Å². The van der Waals surface area contributed by atoms with Crippen molar-refractivity contribution in [3.8, 4) is 11.3 Å². The van der Waals surface area contributed by atoms with Crippen LogP contribution in [-0.2, 0) is 11.8 Å². The summed E-state index contributed by atoms with van der Waals surface area (Å²) in [5.41, 5.74) is -0.704. The highest BCUT2D eigenvalue weighted by atomic mass is 19.4. The highest BCUT2D eigenvalue weighted by Crippen LogP contribution is 2.37. The maximum atomic E-state index is 13.0. The van der Waals surface area contributed by atoms with E-state index in [2.05, 4.69) is 9.97 Å². The van der Waals surface area contributed by atoms with Crippen LogP contribution in [0.3, 0.4) is 0 Å². The Morgan fingerprint density at radius 3 is 2.32 bits per heavy atom. The summed E-state index contributed by atoms with van der Waals surface area (Å²) < 4.78 is 39.0. The van der Waals surface area contributed by atoms with Gasteiger partial charge in [0, 0.05) is 35.3 Å². The Kier molecular flexibility index (Phi) is 4.30. The summed E-state index contributed by atoms with van der Waals surface area (Å²) in [4.78, 5) is 8.21. The van der Waals surface area contributed by atoms with Gasteiger partial charge in [0.1, 0.15) is 5.60 Å². The molecule has 0 radical (unpaired) electrons. The highest BCUT2D eigenvalue weighted by Gasteiger charge is 2.32. The molecular formula is C19H15F3N2O. The molecule has 0 aliphatic heterocycles. The highest BCUT2D eigenvalue weighted by molar-refractivity contribution is 5.66. The Morgan fingerprint density at radius 1 is 0.920 bits per heavy atom. The number of halogens is 3. The van der Waals surface area contributed by atoms with Gasteiger partial charge in [-0.3, -0.25) is 9.97 Å². The van der Waals surface area contributed by atoms with Crippen molar-refractivity contribution in [2.45, 2.75) is 18.7 Å². The fourth-order valence-electron chi connectivity index (χ4n) is 2.68. The van der Waals surface area contributed by atoms with Gasteiger partial charge < -0.3 is 5.11 Å². The van der Waals surface area contributed by atoms with E-state index < -0.39 is 17.3 Å². The Balaban J connectivity index is 2.15. The molecule has 2 aromatic heterocycles. The second kappa shape index (κ2) is 6.29. The number of nitrogens with zero attached hydrogens (tertiary/aromatic N) is 2. The molecule has 1 aromatic carbocycles. The van der Waals surface area contributed by atoms with E-state index in [1.165, 1.54) is 18.5 Å². The van der Waals surface area contributed by atoms with Crippen LogP contribution in [0.5, 0.6) is 0 Å². The molecule has 1 atom stereocenters. The number of aliphatic hydroxyl groups is 1. The molecule has 0 fully saturated rings. The standard InChI is InChI=1S/C19H15F3N2O/c1-18(25,15-7-3-9-23-12-15)16-8-4-10-24-17(16)13-5-2-6-14(11-13)19(20,21)22/h2-12,25H,1H3. The zero-order valence-electron chi connectivity index (χ0n) is 13.3. The topological polar surface area (TPSA) is 46.0 Å². The zero-order valence-corrected chi connectivity index (χ0v) is 13.3. The van der Waals surface area contributed by atoms with Crippen LogP contribution in [0.2, 0.25) is 0 Å². The lowest BCUT2D eigenvalue weighted by atomic mass is 9.86. The summed E-state index contributed by atoms with van der Waals surface area (Å²) in [6.07, 6.45) is 0.134. The fraction of sp³-hybridized carbons (Fsp3) is 0.158.